The molecule has 9 heavy (non-hydrogen) atoms. The monoisotopic (exact) mass is 138 g/mol. The van der Waals surface area contributed by atoms with Gasteiger partial charge in [-0.2, -0.15) is 0 Å². The summed E-state index contributed by atoms with van der Waals surface area (Å²) < 4.78 is 0. The molecule has 0 spiro atoms. The smallest absolute Gasteiger partial charge is 1.00 e. The maximum Gasteiger partial charge on any atom is 1.00 e. The Labute approximate surface area is 84.6 Å². The molecule has 0 aromatic heterocycles. The number of hydrogen-bond donors (Lipinski definition) is 0. The molecule has 0 aliphatic carbocycles. The normalized spacial score (nSPS) is 0. The number of halogens is 6. The Balaban J connectivity index is 0. The molecule has 0 rings (SSSR count). The van der Waals surface area contributed by atoms with Crippen LogP contribution in [-0.2, 0) is 0 Å². The molecule has 0 saturated carbocycles. The van der Waals surface area contributed by atoms with Crippen LogP contribution in [0, 0.1) is 0 Å². The fourth-order valence-corrected chi connectivity index (χ4v) is 0. The predicted molar refractivity (Wildman–Crippen MR) is 7.51 cm³/mol. The molecule has 0 aliphatic rings. The first-order valence-corrected chi connectivity index (χ1v) is 0. The van der Waals surface area contributed by atoms with E-state index >= 15 is 0 Å². The van der Waals surface area contributed by atoms with E-state index in [0.717, 1.165) is 0 Å². The van der Waals surface area contributed by atoms with Crippen molar-refractivity contribution >= 4 is 0 Å². The van der Waals surface area contributed by atoms with E-state index in [9.17, 15) is 0 Å². The molecule has 9 heteroatoms. The third-order valence-electron chi connectivity index (χ3n) is 0. The quantitative estimate of drug-likeness (QED) is 0.230. The Kier molecular flexibility index (Phi) is 18800. The van der Waals surface area contributed by atoms with Crippen LogP contribution in [-0.4, -0.2) is 0 Å². The molecule has 0 radical (unpaired) electrons. The molecule has 0 nitrogen and oxygen atoms in total. The molecule has 0 aromatic carbocycles. The number of rotatable bonds is 0. The van der Waals surface area contributed by atoms with Gasteiger partial charge in [-0.3, -0.25) is 14.1 Å². The van der Waals surface area contributed by atoms with Crippen molar-refractivity contribution < 1.29 is 84.8 Å². The molecular formula is H3F6Li3. The Morgan fingerprint density at radius 1 is 0.333 bits per heavy atom. The van der Waals surface area contributed by atoms with Gasteiger partial charge in [0.2, 0.25) is 0 Å². The van der Waals surface area contributed by atoms with Gasteiger partial charge < -0.3 is 14.1 Å². The maximum absolute atomic E-state index is 0. The van der Waals surface area contributed by atoms with Crippen LogP contribution in [0.4, 0.5) is 14.1 Å². The first kappa shape index (κ1) is 484. The van der Waals surface area contributed by atoms with Crippen molar-refractivity contribution in [2.24, 2.45) is 0 Å². The minimum atomic E-state index is 0. The number of hydrogen-bond acceptors (Lipinski definition) is 0. The average molecular weight is 138 g/mol. The van der Waals surface area contributed by atoms with Gasteiger partial charge in [-0.15, -0.1) is 0 Å². The summed E-state index contributed by atoms with van der Waals surface area (Å²) in [5.74, 6) is 0. The fraction of sp³-hybridized carbons (Fsp3) is 0. The molecule has 0 aromatic rings. The van der Waals surface area contributed by atoms with E-state index in [4.69, 9.17) is 0 Å². The molecule has 0 atom stereocenters. The van der Waals surface area contributed by atoms with Gasteiger partial charge in [0.15, 0.2) is 0 Å². The molecule has 0 amide bonds. The molecule has 0 N–H and O–H groups in total. The summed E-state index contributed by atoms with van der Waals surface area (Å²) in [5, 5.41) is 0. The van der Waals surface area contributed by atoms with Crippen LogP contribution in [0.25, 0.3) is 0 Å². The van der Waals surface area contributed by atoms with Gasteiger partial charge in [0.05, 0.1) is 0 Å². The molecular weight excluding hydrogens is 135 g/mol. The van der Waals surface area contributed by atoms with Crippen LogP contribution in [0.15, 0.2) is 0 Å². The van der Waals surface area contributed by atoms with Gasteiger partial charge >= 0.3 is 56.6 Å². The van der Waals surface area contributed by atoms with Crippen molar-refractivity contribution in [1.29, 1.82) is 0 Å². The van der Waals surface area contributed by atoms with Crippen molar-refractivity contribution in [3.8, 4) is 0 Å². The molecule has 48 valence electrons. The van der Waals surface area contributed by atoms with E-state index < -0.39 is 0 Å². The summed E-state index contributed by atoms with van der Waals surface area (Å²) in [6.07, 6.45) is 0. The second-order valence-corrected chi connectivity index (χ2v) is 0. The summed E-state index contributed by atoms with van der Waals surface area (Å²) in [6.45, 7) is 0. The predicted octanol–water partition coefficient (Wildman–Crippen LogP) is -17.5. The first-order valence-electron chi connectivity index (χ1n) is 0. The van der Waals surface area contributed by atoms with Gasteiger partial charge in [-0.25, -0.2) is 0 Å². The molecule has 0 fully saturated rings. The first-order chi connectivity index (χ1) is 0. The van der Waals surface area contributed by atoms with E-state index in [0.29, 0.717) is 0 Å². The van der Waals surface area contributed by atoms with Gasteiger partial charge in [0.25, 0.3) is 0 Å². The zero-order valence-electron chi connectivity index (χ0n) is 5.36. The Bertz CT molecular complexity index is 8.26. The van der Waals surface area contributed by atoms with E-state index in [1.807, 2.05) is 0 Å². The largest absolute Gasteiger partial charge is 1.00 e. The summed E-state index contributed by atoms with van der Waals surface area (Å²) in [5.41, 5.74) is 0. The molecule has 0 saturated heterocycles. The van der Waals surface area contributed by atoms with Crippen LogP contribution >= 0.6 is 0 Å². The van der Waals surface area contributed by atoms with Crippen LogP contribution in [0.1, 0.15) is 0 Å². The summed E-state index contributed by atoms with van der Waals surface area (Å²) in [4.78, 5) is 0. The van der Waals surface area contributed by atoms with Crippen molar-refractivity contribution in [1.82, 2.24) is 0 Å². The average Bonchev–Trinajstić information content (AvgIpc) is 0. The zero-order chi connectivity index (χ0) is 0. The molecule has 0 bridgehead atoms. The van der Waals surface area contributed by atoms with E-state index in [1.54, 1.807) is 0 Å². The van der Waals surface area contributed by atoms with Gasteiger partial charge in [-0.1, -0.05) is 0 Å². The van der Waals surface area contributed by atoms with Crippen LogP contribution < -0.4 is 70.7 Å². The van der Waals surface area contributed by atoms with E-state index in [2.05, 4.69) is 0 Å². The second-order valence-electron chi connectivity index (χ2n) is 0. The molecule has 0 unspecified atom stereocenters. The Hall–Kier alpha value is 1.37. The van der Waals surface area contributed by atoms with Gasteiger partial charge in [-0.05, 0) is 0 Å². The second kappa shape index (κ2) is 349. The summed E-state index contributed by atoms with van der Waals surface area (Å²) in [7, 11) is 0. The molecule has 0 heterocycles. The van der Waals surface area contributed by atoms with Crippen molar-refractivity contribution in [2.75, 3.05) is 0 Å². The fourth-order valence-electron chi connectivity index (χ4n) is 0. The summed E-state index contributed by atoms with van der Waals surface area (Å²) >= 11 is 0. The minimum absolute atomic E-state index is 0. The van der Waals surface area contributed by atoms with Crippen LogP contribution in [0.3, 0.4) is 0 Å². The topological polar surface area (TPSA) is 0 Å². The standard InChI is InChI=1S/6FH.3Li/h6*1H;;;/q;;;;;;3*+1/p-3. The van der Waals surface area contributed by atoms with Gasteiger partial charge in [0, 0.05) is 0 Å². The van der Waals surface area contributed by atoms with E-state index in [1.165, 1.54) is 0 Å². The Morgan fingerprint density at radius 3 is 0.333 bits per heavy atom. The van der Waals surface area contributed by atoms with Crippen molar-refractivity contribution in [3.05, 3.63) is 0 Å². The minimum Gasteiger partial charge on any atom is -1.00 e. The molecule has 0 aliphatic heterocycles. The third kappa shape index (κ3) is 271. The third-order valence-corrected chi connectivity index (χ3v) is 0. The van der Waals surface area contributed by atoms with Crippen molar-refractivity contribution in [2.45, 2.75) is 0 Å². The van der Waals surface area contributed by atoms with E-state index in [-0.39, 0.29) is 84.8 Å². The van der Waals surface area contributed by atoms with Crippen LogP contribution in [0.2, 0.25) is 0 Å². The SMILES string of the molecule is F.F.F.[F-].[F-].[F-].[Li+].[Li+].[Li+]. The maximum atomic E-state index is 0. The Morgan fingerprint density at radius 2 is 0.333 bits per heavy atom. The summed E-state index contributed by atoms with van der Waals surface area (Å²) in [6, 6.07) is 0. The van der Waals surface area contributed by atoms with Crippen molar-refractivity contribution in [3.63, 3.8) is 0 Å². The van der Waals surface area contributed by atoms with Gasteiger partial charge in [0.1, 0.15) is 0 Å². The zero-order valence-corrected chi connectivity index (χ0v) is 5.36. The van der Waals surface area contributed by atoms with Crippen LogP contribution in [0.5, 0.6) is 0 Å².